The van der Waals surface area contributed by atoms with Crippen LogP contribution >= 0.6 is 0 Å². The van der Waals surface area contributed by atoms with E-state index >= 15 is 0 Å². The van der Waals surface area contributed by atoms with Gasteiger partial charge in [0.2, 0.25) is 0 Å². The van der Waals surface area contributed by atoms with Crippen LogP contribution in [0.1, 0.15) is 31.0 Å². The highest BCUT2D eigenvalue weighted by molar-refractivity contribution is 5.82. The summed E-state index contributed by atoms with van der Waals surface area (Å²) in [7, 11) is 0. The van der Waals surface area contributed by atoms with Crippen LogP contribution < -0.4 is 4.90 Å². The third kappa shape index (κ3) is 2.89. The summed E-state index contributed by atoms with van der Waals surface area (Å²) in [5.41, 5.74) is 0.471. The number of aromatic nitrogens is 4. The average molecular weight is 368 g/mol. The van der Waals surface area contributed by atoms with Crippen LogP contribution in [0.2, 0.25) is 0 Å². The Balaban J connectivity index is 2.03. The molecular weight excluding hydrogens is 350 g/mol. The van der Waals surface area contributed by atoms with Crippen molar-refractivity contribution >= 4 is 11.6 Å². The minimum absolute atomic E-state index is 0.00581. The smallest absolute Gasteiger partial charge is 0.255 e. The Labute approximate surface area is 155 Å². The molecule has 1 aliphatic heterocycles. The van der Waals surface area contributed by atoms with Crippen molar-refractivity contribution in [2.75, 3.05) is 18.0 Å². The van der Waals surface area contributed by atoms with Gasteiger partial charge in [-0.2, -0.15) is 24.8 Å². The van der Waals surface area contributed by atoms with E-state index in [4.69, 9.17) is 0 Å². The Kier molecular flexibility index (Phi) is 4.22. The molecule has 0 saturated carbocycles. The van der Waals surface area contributed by atoms with Crippen LogP contribution in [0.15, 0.2) is 18.5 Å². The lowest BCUT2D eigenvalue weighted by molar-refractivity contribution is 0.435. The molecule has 3 aromatic rings. The molecule has 8 heteroatoms. The summed E-state index contributed by atoms with van der Waals surface area (Å²) < 4.78 is 30.5. The van der Waals surface area contributed by atoms with E-state index in [1.165, 1.54) is 17.8 Å². The summed E-state index contributed by atoms with van der Waals surface area (Å²) >= 11 is 0. The average Bonchev–Trinajstić information content (AvgIpc) is 3.12. The fourth-order valence-corrected chi connectivity index (χ4v) is 3.51. The highest BCUT2D eigenvalue weighted by Gasteiger charge is 2.27. The number of fused-ring (bicyclic) bond motifs is 1. The number of rotatable bonds is 2. The SMILES string of the molecule is Cc1cc(F)c(-c2c(C#N)nc3ncnn3c2N2CCC(C)CC2)cc1F. The maximum atomic E-state index is 14.8. The second-order valence-electron chi connectivity index (χ2n) is 6.99. The number of benzene rings is 1. The second-order valence-corrected chi connectivity index (χ2v) is 6.99. The van der Waals surface area contributed by atoms with Gasteiger partial charge in [0, 0.05) is 18.7 Å². The topological polar surface area (TPSA) is 70.1 Å². The van der Waals surface area contributed by atoms with Gasteiger partial charge >= 0.3 is 0 Å². The van der Waals surface area contributed by atoms with Crippen LogP contribution in [0.3, 0.4) is 0 Å². The van der Waals surface area contributed by atoms with E-state index in [0.717, 1.165) is 38.1 Å². The van der Waals surface area contributed by atoms with Crippen molar-refractivity contribution in [3.63, 3.8) is 0 Å². The maximum Gasteiger partial charge on any atom is 0.255 e. The van der Waals surface area contributed by atoms with Gasteiger partial charge in [-0.15, -0.1) is 0 Å². The molecule has 0 aliphatic carbocycles. The molecule has 0 bridgehead atoms. The molecule has 2 aromatic heterocycles. The van der Waals surface area contributed by atoms with E-state index in [2.05, 4.69) is 26.9 Å². The van der Waals surface area contributed by atoms with Crippen molar-refractivity contribution in [2.24, 2.45) is 5.92 Å². The first-order valence-corrected chi connectivity index (χ1v) is 8.84. The van der Waals surface area contributed by atoms with Crippen molar-refractivity contribution in [1.82, 2.24) is 19.6 Å². The van der Waals surface area contributed by atoms with E-state index < -0.39 is 11.6 Å². The molecule has 138 valence electrons. The van der Waals surface area contributed by atoms with Crippen molar-refractivity contribution in [3.8, 4) is 17.2 Å². The molecule has 3 heterocycles. The lowest BCUT2D eigenvalue weighted by Crippen LogP contribution is -2.35. The number of nitriles is 1. The predicted molar refractivity (Wildman–Crippen MR) is 96.2 cm³/mol. The normalized spacial score (nSPS) is 15.3. The van der Waals surface area contributed by atoms with Gasteiger partial charge in [0.25, 0.3) is 5.78 Å². The molecule has 4 rings (SSSR count). The van der Waals surface area contributed by atoms with Gasteiger partial charge in [0.15, 0.2) is 5.69 Å². The van der Waals surface area contributed by atoms with E-state index in [1.54, 1.807) is 0 Å². The molecule has 1 aliphatic rings. The fourth-order valence-electron chi connectivity index (χ4n) is 3.51. The van der Waals surface area contributed by atoms with E-state index in [9.17, 15) is 14.0 Å². The number of hydrogen-bond acceptors (Lipinski definition) is 5. The first-order chi connectivity index (χ1) is 13.0. The zero-order valence-corrected chi connectivity index (χ0v) is 15.1. The molecule has 0 N–H and O–H groups in total. The van der Waals surface area contributed by atoms with Crippen LogP contribution in [0.5, 0.6) is 0 Å². The lowest BCUT2D eigenvalue weighted by Gasteiger charge is -2.33. The van der Waals surface area contributed by atoms with Crippen LogP contribution in [0.4, 0.5) is 14.6 Å². The third-order valence-corrected chi connectivity index (χ3v) is 5.11. The van der Waals surface area contributed by atoms with Crippen molar-refractivity contribution in [2.45, 2.75) is 26.7 Å². The first-order valence-electron chi connectivity index (χ1n) is 8.84. The second kappa shape index (κ2) is 6.58. The number of nitrogens with zero attached hydrogens (tertiary/aromatic N) is 6. The van der Waals surface area contributed by atoms with Gasteiger partial charge in [-0.1, -0.05) is 6.92 Å². The Morgan fingerprint density at radius 3 is 2.63 bits per heavy atom. The Bertz CT molecular complexity index is 1060. The number of piperidine rings is 1. The number of halogens is 2. The fraction of sp³-hybridized carbons (Fsp3) is 0.368. The van der Waals surface area contributed by atoms with Gasteiger partial charge in [0.05, 0.1) is 5.56 Å². The molecule has 1 saturated heterocycles. The first kappa shape index (κ1) is 17.3. The third-order valence-electron chi connectivity index (χ3n) is 5.11. The van der Waals surface area contributed by atoms with E-state index in [-0.39, 0.29) is 28.2 Å². The van der Waals surface area contributed by atoms with Gasteiger partial charge < -0.3 is 4.90 Å². The van der Waals surface area contributed by atoms with Gasteiger partial charge in [0.1, 0.15) is 29.8 Å². The minimum atomic E-state index is -0.599. The molecule has 1 aromatic carbocycles. The molecule has 0 unspecified atom stereocenters. The van der Waals surface area contributed by atoms with Crippen LogP contribution in [-0.2, 0) is 0 Å². The molecule has 0 spiro atoms. The molecule has 6 nitrogen and oxygen atoms in total. The Morgan fingerprint density at radius 1 is 1.19 bits per heavy atom. The number of aryl methyl sites for hydroxylation is 1. The molecule has 27 heavy (non-hydrogen) atoms. The molecule has 1 fully saturated rings. The summed E-state index contributed by atoms with van der Waals surface area (Å²) in [6.07, 6.45) is 3.27. The van der Waals surface area contributed by atoms with Crippen molar-refractivity contribution in [3.05, 3.63) is 41.4 Å². The Morgan fingerprint density at radius 2 is 1.93 bits per heavy atom. The highest BCUT2D eigenvalue weighted by atomic mass is 19.1. The molecule has 0 atom stereocenters. The summed E-state index contributed by atoms with van der Waals surface area (Å²) in [6.45, 7) is 5.15. The number of hydrogen-bond donors (Lipinski definition) is 0. The number of anilines is 1. The van der Waals surface area contributed by atoms with Gasteiger partial charge in [-0.3, -0.25) is 0 Å². The highest BCUT2D eigenvalue weighted by Crippen LogP contribution is 2.37. The van der Waals surface area contributed by atoms with E-state index in [1.807, 2.05) is 6.07 Å². The Hall–Kier alpha value is -3.08. The molecular formula is C19H18F2N6. The maximum absolute atomic E-state index is 14.8. The van der Waals surface area contributed by atoms with E-state index in [0.29, 0.717) is 11.7 Å². The quantitative estimate of drug-likeness (QED) is 0.693. The summed E-state index contributed by atoms with van der Waals surface area (Å²) in [4.78, 5) is 10.3. The van der Waals surface area contributed by atoms with Crippen LogP contribution in [-0.4, -0.2) is 32.7 Å². The molecule has 0 amide bonds. The summed E-state index contributed by atoms with van der Waals surface area (Å²) in [6, 6.07) is 4.28. The zero-order valence-electron chi connectivity index (χ0n) is 15.1. The van der Waals surface area contributed by atoms with Gasteiger partial charge in [-0.25, -0.2) is 8.78 Å². The van der Waals surface area contributed by atoms with Gasteiger partial charge in [-0.05, 0) is 43.4 Å². The minimum Gasteiger partial charge on any atom is -0.356 e. The summed E-state index contributed by atoms with van der Waals surface area (Å²) in [5.74, 6) is 0.243. The summed E-state index contributed by atoms with van der Waals surface area (Å²) in [5, 5.41) is 13.9. The van der Waals surface area contributed by atoms with Crippen LogP contribution in [0.25, 0.3) is 16.9 Å². The standard InChI is InChI=1S/C19H18F2N6/c1-11-3-5-26(6-4-11)18-17(13-8-14(20)12(2)7-15(13)21)16(9-22)25-19-23-10-24-27(18)19/h7-8,10-11H,3-6H2,1-2H3. The van der Waals surface area contributed by atoms with Crippen LogP contribution in [0, 0.1) is 35.8 Å². The zero-order chi connectivity index (χ0) is 19.1. The predicted octanol–water partition coefficient (Wildman–Crippen LogP) is 3.49. The van der Waals surface area contributed by atoms with Crippen molar-refractivity contribution < 1.29 is 8.78 Å². The van der Waals surface area contributed by atoms with Crippen molar-refractivity contribution in [1.29, 1.82) is 5.26 Å². The monoisotopic (exact) mass is 368 g/mol. The largest absolute Gasteiger partial charge is 0.356 e. The molecule has 0 radical (unpaired) electrons. The lowest BCUT2D eigenvalue weighted by atomic mass is 9.97.